The number of rotatable bonds is 1. The third-order valence-electron chi connectivity index (χ3n) is 12.0. The Balaban J connectivity index is 1.54. The number of ether oxygens (including phenoxy) is 1. The van der Waals surface area contributed by atoms with E-state index >= 15 is 0 Å². The van der Waals surface area contributed by atoms with Crippen LogP contribution in [0.4, 0.5) is 0 Å². The van der Waals surface area contributed by atoms with E-state index in [2.05, 4.69) is 40.7 Å². The Hall–Kier alpha value is -1.16. The van der Waals surface area contributed by atoms with Gasteiger partial charge in [-0.1, -0.05) is 40.2 Å². The number of hydrogen-bond donors (Lipinski definition) is 1. The molecule has 5 aliphatic rings. The molecule has 0 aliphatic heterocycles. The van der Waals surface area contributed by atoms with Gasteiger partial charge in [0.15, 0.2) is 5.78 Å². The van der Waals surface area contributed by atoms with Gasteiger partial charge in [0, 0.05) is 5.92 Å². The van der Waals surface area contributed by atoms with E-state index in [-0.39, 0.29) is 45.6 Å². The number of hydrogen-bond acceptors (Lipinski definition) is 4. The summed E-state index contributed by atoms with van der Waals surface area (Å²) in [7, 11) is 1.50. The zero-order valence-electron chi connectivity index (χ0n) is 21.6. The highest BCUT2D eigenvalue weighted by atomic mass is 16.5. The van der Waals surface area contributed by atoms with E-state index in [9.17, 15) is 14.7 Å². The van der Waals surface area contributed by atoms with Crippen molar-refractivity contribution < 1.29 is 19.4 Å². The van der Waals surface area contributed by atoms with Crippen LogP contribution in [0.2, 0.25) is 0 Å². The Morgan fingerprint density at radius 2 is 1.61 bits per heavy atom. The molecule has 0 bridgehead atoms. The maximum atomic E-state index is 14.1. The van der Waals surface area contributed by atoms with E-state index in [1.54, 1.807) is 0 Å². The van der Waals surface area contributed by atoms with Gasteiger partial charge in [-0.25, -0.2) is 0 Å². The molecule has 33 heavy (non-hydrogen) atoms. The Labute approximate surface area is 199 Å². The normalized spacial score (nSPS) is 50.8. The van der Waals surface area contributed by atoms with Gasteiger partial charge in [-0.2, -0.15) is 0 Å². The van der Waals surface area contributed by atoms with E-state index < -0.39 is 0 Å². The van der Waals surface area contributed by atoms with Crippen LogP contribution in [-0.2, 0) is 14.3 Å². The summed E-state index contributed by atoms with van der Waals surface area (Å²) in [6, 6.07) is 0. The Morgan fingerprint density at radius 3 is 2.30 bits per heavy atom. The fourth-order valence-corrected chi connectivity index (χ4v) is 10.1. The van der Waals surface area contributed by atoms with Crippen LogP contribution in [0.25, 0.3) is 0 Å². The number of carbonyl (C=O) groups is 2. The molecule has 4 heteroatoms. The molecule has 0 aromatic rings. The Bertz CT molecular complexity index is 888. The highest BCUT2D eigenvalue weighted by Crippen LogP contribution is 2.70. The highest BCUT2D eigenvalue weighted by Gasteiger charge is 2.66. The van der Waals surface area contributed by atoms with Crippen molar-refractivity contribution in [2.45, 2.75) is 98.5 Å². The second kappa shape index (κ2) is 7.42. The third-order valence-corrected chi connectivity index (χ3v) is 12.0. The smallest absolute Gasteiger partial charge is 0.308 e. The van der Waals surface area contributed by atoms with Gasteiger partial charge in [0.25, 0.3) is 0 Å². The van der Waals surface area contributed by atoms with Crippen molar-refractivity contribution in [2.24, 2.45) is 51.2 Å². The van der Waals surface area contributed by atoms with Crippen LogP contribution in [0, 0.1) is 51.2 Å². The largest absolute Gasteiger partial charge is 0.469 e. The molecule has 0 spiro atoms. The van der Waals surface area contributed by atoms with Crippen molar-refractivity contribution in [2.75, 3.05) is 7.11 Å². The summed E-state index contributed by atoms with van der Waals surface area (Å²) >= 11 is 0. The second-order valence-electron chi connectivity index (χ2n) is 13.8. The molecule has 0 radical (unpaired) electrons. The van der Waals surface area contributed by atoms with Crippen LogP contribution in [0.3, 0.4) is 0 Å². The molecule has 4 saturated carbocycles. The number of methoxy groups -OCH3 is 1. The predicted molar refractivity (Wildman–Crippen MR) is 128 cm³/mol. The predicted octanol–water partition coefficient (Wildman–Crippen LogP) is 5.72. The van der Waals surface area contributed by atoms with Gasteiger partial charge in [-0.3, -0.25) is 9.59 Å². The van der Waals surface area contributed by atoms with Crippen LogP contribution in [0.5, 0.6) is 0 Å². The minimum atomic E-state index is -0.280. The molecule has 4 fully saturated rings. The first kappa shape index (κ1) is 23.6. The molecular formula is C29H44O4. The van der Waals surface area contributed by atoms with E-state index in [4.69, 9.17) is 4.74 Å². The fourth-order valence-electron chi connectivity index (χ4n) is 10.1. The van der Waals surface area contributed by atoms with Crippen molar-refractivity contribution in [1.82, 2.24) is 0 Å². The minimum Gasteiger partial charge on any atom is -0.469 e. The molecule has 1 N–H and O–H groups in total. The lowest BCUT2D eigenvalue weighted by Crippen LogP contribution is -2.63. The van der Waals surface area contributed by atoms with Gasteiger partial charge in [0.1, 0.15) is 0 Å². The monoisotopic (exact) mass is 456 g/mol. The summed E-state index contributed by atoms with van der Waals surface area (Å²) in [6.45, 7) is 11.6. The lowest BCUT2D eigenvalue weighted by atomic mass is 9.37. The van der Waals surface area contributed by atoms with Crippen molar-refractivity contribution >= 4 is 11.8 Å². The number of esters is 1. The molecule has 5 rings (SSSR count). The number of fused-ring (bicyclic) bond motifs is 7. The molecule has 0 aromatic carbocycles. The van der Waals surface area contributed by atoms with Crippen molar-refractivity contribution in [3.05, 3.63) is 11.6 Å². The first-order chi connectivity index (χ1) is 15.4. The average molecular weight is 457 g/mol. The van der Waals surface area contributed by atoms with Gasteiger partial charge < -0.3 is 9.84 Å². The summed E-state index contributed by atoms with van der Waals surface area (Å²) in [6.07, 6.45) is 10.8. The van der Waals surface area contributed by atoms with E-state index in [0.717, 1.165) is 51.4 Å². The van der Waals surface area contributed by atoms with Crippen LogP contribution in [0.1, 0.15) is 92.4 Å². The maximum Gasteiger partial charge on any atom is 0.308 e. The van der Waals surface area contributed by atoms with Crippen molar-refractivity contribution in [1.29, 1.82) is 0 Å². The summed E-state index contributed by atoms with van der Waals surface area (Å²) in [4.78, 5) is 26.5. The van der Waals surface area contributed by atoms with Gasteiger partial charge in [0.2, 0.25) is 0 Å². The maximum absolute atomic E-state index is 14.1. The molecule has 0 heterocycles. The molecule has 9 atom stereocenters. The van der Waals surface area contributed by atoms with Gasteiger partial charge in [-0.05, 0) is 103 Å². The van der Waals surface area contributed by atoms with Crippen LogP contribution in [0.15, 0.2) is 11.6 Å². The molecule has 0 amide bonds. The first-order valence-electron chi connectivity index (χ1n) is 13.4. The number of ketones is 1. The molecule has 184 valence electrons. The summed E-state index contributed by atoms with van der Waals surface area (Å²) in [5, 5.41) is 10.8. The topological polar surface area (TPSA) is 63.6 Å². The van der Waals surface area contributed by atoms with E-state index in [0.29, 0.717) is 23.5 Å². The van der Waals surface area contributed by atoms with E-state index in [1.165, 1.54) is 19.1 Å². The van der Waals surface area contributed by atoms with Gasteiger partial charge in [0.05, 0.1) is 19.1 Å². The van der Waals surface area contributed by atoms with Crippen LogP contribution >= 0.6 is 0 Å². The molecular weight excluding hydrogens is 412 g/mol. The highest BCUT2D eigenvalue weighted by molar-refractivity contribution is 5.95. The molecule has 4 nitrogen and oxygen atoms in total. The summed E-state index contributed by atoms with van der Waals surface area (Å²) < 4.78 is 5.12. The Morgan fingerprint density at radius 1 is 0.939 bits per heavy atom. The Kier molecular flexibility index (Phi) is 5.30. The number of allylic oxidation sites excluding steroid dienone is 2. The minimum absolute atomic E-state index is 0.0235. The van der Waals surface area contributed by atoms with Crippen LogP contribution in [-0.4, -0.2) is 30.1 Å². The first-order valence-corrected chi connectivity index (χ1v) is 13.4. The van der Waals surface area contributed by atoms with Gasteiger partial charge in [-0.15, -0.1) is 0 Å². The fraction of sp³-hybridized carbons (Fsp3) is 0.862. The van der Waals surface area contributed by atoms with Gasteiger partial charge >= 0.3 is 5.97 Å². The average Bonchev–Trinajstić information content (AvgIpc) is 2.75. The number of carbonyl (C=O) groups excluding carboxylic acids is 2. The molecule has 5 aliphatic carbocycles. The molecule has 0 saturated heterocycles. The zero-order valence-corrected chi connectivity index (χ0v) is 21.6. The third kappa shape index (κ3) is 3.11. The summed E-state index contributed by atoms with van der Waals surface area (Å²) in [5.41, 5.74) is 1.31. The van der Waals surface area contributed by atoms with E-state index in [1.807, 2.05) is 0 Å². The number of aliphatic hydroxyl groups is 1. The number of aliphatic hydroxyl groups excluding tert-OH is 1. The quantitative estimate of drug-likeness (QED) is 0.513. The molecule has 0 aromatic heterocycles. The second-order valence-corrected chi connectivity index (χ2v) is 13.8. The van der Waals surface area contributed by atoms with Crippen molar-refractivity contribution in [3.63, 3.8) is 0 Å². The zero-order chi connectivity index (χ0) is 24.0. The lowest BCUT2D eigenvalue weighted by molar-refractivity contribution is -0.188. The lowest BCUT2D eigenvalue weighted by Gasteiger charge is -2.67. The summed E-state index contributed by atoms with van der Waals surface area (Å²) in [5.74, 6) is 1.36. The SMILES string of the molecule is COC(=O)[C@H]1CC[C@]2(C)CCC3C(=CC(=O)C4C3(C)CCC3C(C)(C)C(O)CCC34C)C2C1. The standard InChI is InChI=1S/C29H44O4/c1-26(2)22-9-13-28(4)19-8-12-27(3)11-7-17(25(32)33-6)15-20(27)18(19)16-21(30)24(28)29(22,5)14-10-23(26)31/h16-17,19-20,22-24,31H,7-15H2,1-6H3/t17-,19?,20?,22?,23?,24?,27+,28?,29?/m0/s1. The molecule has 7 unspecified atom stereocenters. The van der Waals surface area contributed by atoms with Crippen molar-refractivity contribution in [3.8, 4) is 0 Å². The van der Waals surface area contributed by atoms with Crippen LogP contribution < -0.4 is 0 Å².